The first-order valence-electron chi connectivity index (χ1n) is 8.54. The number of rotatable bonds is 6. The Morgan fingerprint density at radius 3 is 1.92 bits per heavy atom. The van der Waals surface area contributed by atoms with Crippen molar-refractivity contribution < 1.29 is 19.0 Å². The number of anilines is 1. The SMILES string of the molecule is COc1cc(NC(=O)[C@@H](C)Oc2ccc(C(C)(C)C)cc2)cc(OC)c1. The van der Waals surface area contributed by atoms with Crippen LogP contribution in [0.1, 0.15) is 33.3 Å². The quantitative estimate of drug-likeness (QED) is 0.832. The molecule has 26 heavy (non-hydrogen) atoms. The van der Waals surface area contributed by atoms with Crippen LogP contribution in [0.3, 0.4) is 0 Å². The van der Waals surface area contributed by atoms with Crippen molar-refractivity contribution in [2.24, 2.45) is 0 Å². The normalized spacial score (nSPS) is 12.2. The average Bonchev–Trinajstić information content (AvgIpc) is 2.60. The van der Waals surface area contributed by atoms with Crippen LogP contribution < -0.4 is 19.5 Å². The van der Waals surface area contributed by atoms with E-state index in [0.717, 1.165) is 0 Å². The standard InChI is InChI=1S/C21H27NO4/c1-14(26-17-9-7-15(8-10-17)21(2,3)4)20(23)22-16-11-18(24-5)13-19(12-16)25-6/h7-14H,1-6H3,(H,22,23)/t14-/m1/s1. The second-order valence-electron chi connectivity index (χ2n) is 7.13. The van der Waals surface area contributed by atoms with Crippen molar-refractivity contribution in [1.29, 1.82) is 0 Å². The molecular formula is C21H27NO4. The van der Waals surface area contributed by atoms with Crippen LogP contribution in [0.15, 0.2) is 42.5 Å². The van der Waals surface area contributed by atoms with Gasteiger partial charge in [0.2, 0.25) is 0 Å². The third-order valence-electron chi connectivity index (χ3n) is 4.02. The second-order valence-corrected chi connectivity index (χ2v) is 7.13. The summed E-state index contributed by atoms with van der Waals surface area (Å²) in [7, 11) is 3.13. The van der Waals surface area contributed by atoms with Gasteiger partial charge in [0.15, 0.2) is 6.10 Å². The topological polar surface area (TPSA) is 56.8 Å². The molecule has 0 spiro atoms. The van der Waals surface area contributed by atoms with Gasteiger partial charge in [-0.3, -0.25) is 4.79 Å². The Labute approximate surface area is 155 Å². The number of ether oxygens (including phenoxy) is 3. The van der Waals surface area contributed by atoms with Gasteiger partial charge in [0.25, 0.3) is 5.91 Å². The predicted molar refractivity (Wildman–Crippen MR) is 103 cm³/mol. The summed E-state index contributed by atoms with van der Waals surface area (Å²) in [6, 6.07) is 13.0. The van der Waals surface area contributed by atoms with Gasteiger partial charge in [0.05, 0.1) is 14.2 Å². The molecule has 0 unspecified atom stereocenters. The molecule has 0 saturated carbocycles. The molecule has 140 valence electrons. The summed E-state index contributed by atoms with van der Waals surface area (Å²) in [5.41, 5.74) is 1.88. The summed E-state index contributed by atoms with van der Waals surface area (Å²) >= 11 is 0. The van der Waals surface area contributed by atoms with Crippen molar-refractivity contribution in [3.8, 4) is 17.2 Å². The number of hydrogen-bond acceptors (Lipinski definition) is 4. The molecule has 0 fully saturated rings. The molecule has 0 saturated heterocycles. The fraction of sp³-hybridized carbons (Fsp3) is 0.381. The zero-order valence-corrected chi connectivity index (χ0v) is 16.3. The lowest BCUT2D eigenvalue weighted by molar-refractivity contribution is -0.122. The fourth-order valence-electron chi connectivity index (χ4n) is 2.41. The summed E-state index contributed by atoms with van der Waals surface area (Å²) in [4.78, 5) is 12.4. The van der Waals surface area contributed by atoms with E-state index in [1.807, 2.05) is 24.3 Å². The second kappa shape index (κ2) is 8.13. The van der Waals surface area contributed by atoms with E-state index in [9.17, 15) is 4.79 Å². The van der Waals surface area contributed by atoms with Gasteiger partial charge < -0.3 is 19.5 Å². The highest BCUT2D eigenvalue weighted by Crippen LogP contribution is 2.27. The third-order valence-corrected chi connectivity index (χ3v) is 4.02. The van der Waals surface area contributed by atoms with Crippen molar-refractivity contribution in [3.05, 3.63) is 48.0 Å². The Morgan fingerprint density at radius 1 is 0.923 bits per heavy atom. The first-order valence-corrected chi connectivity index (χ1v) is 8.54. The Hall–Kier alpha value is -2.69. The van der Waals surface area contributed by atoms with E-state index in [1.165, 1.54) is 5.56 Å². The highest BCUT2D eigenvalue weighted by atomic mass is 16.5. The molecule has 0 aromatic heterocycles. The first kappa shape index (κ1) is 19.6. The van der Waals surface area contributed by atoms with Gasteiger partial charge in [0.1, 0.15) is 17.2 Å². The molecule has 2 aromatic carbocycles. The molecule has 5 heteroatoms. The molecule has 5 nitrogen and oxygen atoms in total. The Kier molecular flexibility index (Phi) is 6.14. The summed E-state index contributed by atoms with van der Waals surface area (Å²) in [5, 5.41) is 2.82. The average molecular weight is 357 g/mol. The lowest BCUT2D eigenvalue weighted by atomic mass is 9.87. The number of nitrogens with one attached hydrogen (secondary N) is 1. The molecule has 1 N–H and O–H groups in total. The minimum absolute atomic E-state index is 0.0763. The van der Waals surface area contributed by atoms with E-state index in [0.29, 0.717) is 22.9 Å². The van der Waals surface area contributed by atoms with Gasteiger partial charge in [-0.25, -0.2) is 0 Å². The number of benzene rings is 2. The minimum Gasteiger partial charge on any atom is -0.497 e. The van der Waals surface area contributed by atoms with Crippen LogP contribution in [-0.2, 0) is 10.2 Å². The number of carbonyl (C=O) groups is 1. The zero-order chi connectivity index (χ0) is 19.3. The monoisotopic (exact) mass is 357 g/mol. The smallest absolute Gasteiger partial charge is 0.265 e. The number of amides is 1. The maximum Gasteiger partial charge on any atom is 0.265 e. The van der Waals surface area contributed by atoms with E-state index in [1.54, 1.807) is 39.3 Å². The Morgan fingerprint density at radius 2 is 1.46 bits per heavy atom. The molecule has 0 heterocycles. The van der Waals surface area contributed by atoms with Gasteiger partial charge >= 0.3 is 0 Å². The largest absolute Gasteiger partial charge is 0.497 e. The third kappa shape index (κ3) is 5.15. The van der Waals surface area contributed by atoms with Crippen LogP contribution in [0, 0.1) is 0 Å². The molecule has 0 aliphatic rings. The number of methoxy groups -OCH3 is 2. The predicted octanol–water partition coefficient (Wildman–Crippen LogP) is 4.41. The number of carbonyl (C=O) groups excluding carboxylic acids is 1. The maximum atomic E-state index is 12.4. The van der Waals surface area contributed by atoms with Crippen LogP contribution in [0.25, 0.3) is 0 Å². The van der Waals surface area contributed by atoms with Gasteiger partial charge in [0, 0.05) is 23.9 Å². The van der Waals surface area contributed by atoms with Crippen LogP contribution in [0.4, 0.5) is 5.69 Å². The zero-order valence-electron chi connectivity index (χ0n) is 16.3. The van der Waals surface area contributed by atoms with E-state index >= 15 is 0 Å². The highest BCUT2D eigenvalue weighted by Gasteiger charge is 2.17. The van der Waals surface area contributed by atoms with Gasteiger partial charge in [-0.1, -0.05) is 32.9 Å². The van der Waals surface area contributed by atoms with Crippen molar-refractivity contribution in [1.82, 2.24) is 0 Å². The van der Waals surface area contributed by atoms with Crippen LogP contribution >= 0.6 is 0 Å². The van der Waals surface area contributed by atoms with Crippen molar-refractivity contribution in [2.45, 2.75) is 39.2 Å². The highest BCUT2D eigenvalue weighted by molar-refractivity contribution is 5.94. The molecule has 0 aliphatic carbocycles. The maximum absolute atomic E-state index is 12.4. The van der Waals surface area contributed by atoms with Gasteiger partial charge in [-0.05, 0) is 30.0 Å². The molecule has 0 bridgehead atoms. The minimum atomic E-state index is -0.646. The first-order chi connectivity index (χ1) is 12.2. The van der Waals surface area contributed by atoms with Crippen LogP contribution in [0.2, 0.25) is 0 Å². The van der Waals surface area contributed by atoms with E-state index in [2.05, 4.69) is 26.1 Å². The van der Waals surface area contributed by atoms with Crippen LogP contribution in [-0.4, -0.2) is 26.2 Å². The van der Waals surface area contributed by atoms with E-state index in [4.69, 9.17) is 14.2 Å². The Bertz CT molecular complexity index is 725. The van der Waals surface area contributed by atoms with E-state index < -0.39 is 6.10 Å². The molecule has 2 aromatic rings. The van der Waals surface area contributed by atoms with Crippen molar-refractivity contribution in [3.63, 3.8) is 0 Å². The fourth-order valence-corrected chi connectivity index (χ4v) is 2.41. The molecular weight excluding hydrogens is 330 g/mol. The van der Waals surface area contributed by atoms with Gasteiger partial charge in [-0.2, -0.15) is 0 Å². The molecule has 1 amide bonds. The van der Waals surface area contributed by atoms with E-state index in [-0.39, 0.29) is 11.3 Å². The van der Waals surface area contributed by atoms with Crippen LogP contribution in [0.5, 0.6) is 17.2 Å². The number of hydrogen-bond donors (Lipinski definition) is 1. The lowest BCUT2D eigenvalue weighted by Gasteiger charge is -2.20. The summed E-state index contributed by atoms with van der Waals surface area (Å²) in [5.74, 6) is 1.61. The Balaban J connectivity index is 2.03. The molecule has 0 aliphatic heterocycles. The summed E-state index contributed by atoms with van der Waals surface area (Å²) < 4.78 is 16.2. The molecule has 2 rings (SSSR count). The molecule has 0 radical (unpaired) electrons. The van der Waals surface area contributed by atoms with Crippen molar-refractivity contribution in [2.75, 3.05) is 19.5 Å². The lowest BCUT2D eigenvalue weighted by Crippen LogP contribution is -2.30. The summed E-state index contributed by atoms with van der Waals surface area (Å²) in [6.07, 6.45) is -0.646. The van der Waals surface area contributed by atoms with Crippen molar-refractivity contribution >= 4 is 11.6 Å². The molecule has 1 atom stereocenters. The summed E-state index contributed by atoms with van der Waals surface area (Å²) in [6.45, 7) is 8.18. The van der Waals surface area contributed by atoms with Gasteiger partial charge in [-0.15, -0.1) is 0 Å².